The molecule has 0 aromatic heterocycles. The number of rotatable bonds is 6. The Morgan fingerprint density at radius 2 is 1.88 bits per heavy atom. The molecule has 0 fully saturated rings. The fraction of sp³-hybridized carbons (Fsp3) is 0.300. The summed E-state index contributed by atoms with van der Waals surface area (Å²) in [5.41, 5.74) is 7.02. The van der Waals surface area contributed by atoms with Gasteiger partial charge >= 0.3 is 0 Å². The van der Waals surface area contributed by atoms with Gasteiger partial charge in [-0.3, -0.25) is 4.79 Å². The quantitative estimate of drug-likeness (QED) is 0.646. The minimum Gasteiger partial charge on any atom is -0.484 e. The molecule has 2 aromatic carbocycles. The van der Waals surface area contributed by atoms with Crippen LogP contribution in [0, 0.1) is 13.8 Å². The molecule has 0 radical (unpaired) electrons. The maximum atomic E-state index is 11.8. The third-order valence-corrected chi connectivity index (χ3v) is 3.73. The monoisotopic (exact) mass is 324 g/mol. The lowest BCUT2D eigenvalue weighted by Crippen LogP contribution is -2.24. The molecule has 0 aliphatic heterocycles. The van der Waals surface area contributed by atoms with E-state index < -0.39 is 0 Å². The van der Waals surface area contributed by atoms with Gasteiger partial charge in [-0.05, 0) is 48.6 Å². The van der Waals surface area contributed by atoms with Gasteiger partial charge in [0, 0.05) is 0 Å². The summed E-state index contributed by atoms with van der Waals surface area (Å²) >= 11 is 0. The van der Waals surface area contributed by atoms with E-state index in [2.05, 4.69) is 30.4 Å². The number of ether oxygens (including phenoxy) is 1. The summed E-state index contributed by atoms with van der Waals surface area (Å²) in [5.74, 6) is 0.860. The first-order valence-electron chi connectivity index (χ1n) is 8.07. The minimum atomic E-state index is -0.288. The van der Waals surface area contributed by atoms with Crippen LogP contribution >= 0.6 is 0 Å². The Morgan fingerprint density at radius 1 is 1.17 bits per heavy atom. The van der Waals surface area contributed by atoms with E-state index in [1.54, 1.807) is 6.21 Å². The van der Waals surface area contributed by atoms with E-state index >= 15 is 0 Å². The molecule has 0 saturated heterocycles. The maximum absolute atomic E-state index is 11.8. The highest BCUT2D eigenvalue weighted by atomic mass is 16.5. The molecule has 0 aliphatic rings. The number of nitrogens with zero attached hydrogens (tertiary/aromatic N) is 1. The molecule has 2 rings (SSSR count). The van der Waals surface area contributed by atoms with Crippen molar-refractivity contribution < 1.29 is 9.53 Å². The fourth-order valence-corrected chi connectivity index (χ4v) is 2.27. The van der Waals surface area contributed by atoms with Crippen LogP contribution in [-0.2, 0) is 4.79 Å². The summed E-state index contributed by atoms with van der Waals surface area (Å²) in [6, 6.07) is 13.8. The van der Waals surface area contributed by atoms with Crippen molar-refractivity contribution >= 4 is 12.1 Å². The topological polar surface area (TPSA) is 50.7 Å². The average molecular weight is 324 g/mol. The van der Waals surface area contributed by atoms with Crippen LogP contribution in [0.15, 0.2) is 47.6 Å². The third-order valence-electron chi connectivity index (χ3n) is 3.73. The van der Waals surface area contributed by atoms with Gasteiger partial charge in [0.05, 0.1) is 6.21 Å². The second-order valence-corrected chi connectivity index (χ2v) is 6.17. The standard InChI is InChI=1S/C20H24N2O2/c1-14(2)17-7-9-19(10-8-17)24-13-20(23)22-21-12-18-6-5-15(3)11-16(18)4/h5-12,14H,13H2,1-4H3,(H,22,23)/b21-12+. The molecule has 0 unspecified atom stereocenters. The lowest BCUT2D eigenvalue weighted by molar-refractivity contribution is -0.123. The van der Waals surface area contributed by atoms with Gasteiger partial charge < -0.3 is 4.74 Å². The molecular weight excluding hydrogens is 300 g/mol. The van der Waals surface area contributed by atoms with Gasteiger partial charge in [-0.15, -0.1) is 0 Å². The van der Waals surface area contributed by atoms with Gasteiger partial charge in [0.2, 0.25) is 0 Å². The second kappa shape index (κ2) is 8.29. The van der Waals surface area contributed by atoms with Gasteiger partial charge in [-0.25, -0.2) is 5.43 Å². The Kier molecular flexibility index (Phi) is 6.13. The Hall–Kier alpha value is -2.62. The zero-order chi connectivity index (χ0) is 17.5. The summed E-state index contributed by atoms with van der Waals surface area (Å²) in [6.07, 6.45) is 1.64. The molecule has 0 saturated carbocycles. The molecular formula is C20H24N2O2. The molecule has 0 spiro atoms. The van der Waals surface area contributed by atoms with E-state index in [1.165, 1.54) is 11.1 Å². The smallest absolute Gasteiger partial charge is 0.277 e. The van der Waals surface area contributed by atoms with Crippen molar-refractivity contribution in [3.05, 3.63) is 64.7 Å². The van der Waals surface area contributed by atoms with Crippen LogP contribution in [0.5, 0.6) is 5.75 Å². The van der Waals surface area contributed by atoms with Crippen molar-refractivity contribution in [1.29, 1.82) is 0 Å². The zero-order valence-corrected chi connectivity index (χ0v) is 14.7. The highest BCUT2D eigenvalue weighted by molar-refractivity contribution is 5.84. The van der Waals surface area contributed by atoms with Gasteiger partial charge in [0.1, 0.15) is 5.75 Å². The Balaban J connectivity index is 1.81. The van der Waals surface area contributed by atoms with E-state index in [0.717, 1.165) is 11.1 Å². The number of hydrogen-bond acceptors (Lipinski definition) is 3. The first kappa shape index (κ1) is 17.7. The number of hydrazone groups is 1. The van der Waals surface area contributed by atoms with E-state index in [-0.39, 0.29) is 12.5 Å². The van der Waals surface area contributed by atoms with Crippen molar-refractivity contribution in [2.75, 3.05) is 6.61 Å². The fourth-order valence-electron chi connectivity index (χ4n) is 2.27. The lowest BCUT2D eigenvalue weighted by atomic mass is 10.0. The molecule has 0 heterocycles. The third kappa shape index (κ3) is 5.23. The number of benzene rings is 2. The molecule has 0 bridgehead atoms. The van der Waals surface area contributed by atoms with E-state index in [1.807, 2.05) is 50.2 Å². The van der Waals surface area contributed by atoms with Crippen LogP contribution < -0.4 is 10.2 Å². The second-order valence-electron chi connectivity index (χ2n) is 6.17. The number of carbonyl (C=O) groups excluding carboxylic acids is 1. The van der Waals surface area contributed by atoms with Crippen LogP contribution in [0.2, 0.25) is 0 Å². The predicted molar refractivity (Wildman–Crippen MR) is 97.7 cm³/mol. The molecule has 1 N–H and O–H groups in total. The van der Waals surface area contributed by atoms with Crippen molar-refractivity contribution in [1.82, 2.24) is 5.43 Å². The van der Waals surface area contributed by atoms with E-state index in [4.69, 9.17) is 4.74 Å². The Bertz CT molecular complexity index is 719. The zero-order valence-electron chi connectivity index (χ0n) is 14.7. The van der Waals surface area contributed by atoms with Crippen molar-refractivity contribution in [3.8, 4) is 5.75 Å². The molecule has 0 aliphatic carbocycles. The Labute approximate surface area is 143 Å². The predicted octanol–water partition coefficient (Wildman–Crippen LogP) is 3.96. The number of nitrogens with one attached hydrogen (secondary N) is 1. The highest BCUT2D eigenvalue weighted by Crippen LogP contribution is 2.18. The van der Waals surface area contributed by atoms with Crippen LogP contribution in [0.4, 0.5) is 0 Å². The summed E-state index contributed by atoms with van der Waals surface area (Å²) in [5, 5.41) is 3.98. The summed E-state index contributed by atoms with van der Waals surface area (Å²) in [4.78, 5) is 11.8. The van der Waals surface area contributed by atoms with Crippen LogP contribution in [0.25, 0.3) is 0 Å². The SMILES string of the molecule is Cc1ccc(/C=N/NC(=O)COc2ccc(C(C)C)cc2)c(C)c1. The lowest BCUT2D eigenvalue weighted by Gasteiger charge is -2.08. The molecule has 2 aromatic rings. The maximum Gasteiger partial charge on any atom is 0.277 e. The van der Waals surface area contributed by atoms with Crippen molar-refractivity contribution in [3.63, 3.8) is 0 Å². The number of aryl methyl sites for hydroxylation is 2. The molecule has 24 heavy (non-hydrogen) atoms. The normalized spacial score (nSPS) is 11.0. The summed E-state index contributed by atoms with van der Waals surface area (Å²) < 4.78 is 5.46. The molecule has 4 nitrogen and oxygen atoms in total. The molecule has 1 amide bonds. The number of amides is 1. The molecule has 4 heteroatoms. The highest BCUT2D eigenvalue weighted by Gasteiger charge is 2.03. The first-order valence-corrected chi connectivity index (χ1v) is 8.07. The van der Waals surface area contributed by atoms with Gasteiger partial charge in [0.15, 0.2) is 6.61 Å². The molecule has 0 atom stereocenters. The van der Waals surface area contributed by atoms with Gasteiger partial charge in [-0.2, -0.15) is 5.10 Å². The van der Waals surface area contributed by atoms with Crippen LogP contribution in [0.3, 0.4) is 0 Å². The number of hydrogen-bond donors (Lipinski definition) is 1. The summed E-state index contributed by atoms with van der Waals surface area (Å²) in [6.45, 7) is 8.26. The Morgan fingerprint density at radius 3 is 2.50 bits per heavy atom. The van der Waals surface area contributed by atoms with Crippen LogP contribution in [0.1, 0.15) is 42.0 Å². The van der Waals surface area contributed by atoms with E-state index in [0.29, 0.717) is 11.7 Å². The van der Waals surface area contributed by atoms with Crippen molar-refractivity contribution in [2.45, 2.75) is 33.6 Å². The largest absolute Gasteiger partial charge is 0.484 e. The average Bonchev–Trinajstić information content (AvgIpc) is 2.55. The summed E-state index contributed by atoms with van der Waals surface area (Å²) in [7, 11) is 0. The van der Waals surface area contributed by atoms with Crippen molar-refractivity contribution in [2.24, 2.45) is 5.10 Å². The number of carbonyl (C=O) groups is 1. The molecule has 126 valence electrons. The minimum absolute atomic E-state index is 0.0642. The van der Waals surface area contributed by atoms with Gasteiger partial charge in [0.25, 0.3) is 5.91 Å². The first-order chi connectivity index (χ1) is 11.5. The van der Waals surface area contributed by atoms with E-state index in [9.17, 15) is 4.79 Å². The van der Waals surface area contributed by atoms with Crippen LogP contribution in [-0.4, -0.2) is 18.7 Å². The van der Waals surface area contributed by atoms with Gasteiger partial charge in [-0.1, -0.05) is 49.7 Å².